The van der Waals surface area contributed by atoms with Gasteiger partial charge < -0.3 is 15.0 Å². The molecule has 6 nitrogen and oxygen atoms in total. The Morgan fingerprint density at radius 2 is 1.89 bits per heavy atom. The minimum absolute atomic E-state index is 0.0592. The second kappa shape index (κ2) is 7.86. The molecular weight excluding hydrogens is 352 g/mol. The SMILES string of the molecule is C=Cn1c[n+]([C@@H](C)C(=O)Nc2ccc(N3CCOCC3)cc2)c2ccccc21. The smallest absolute Gasteiger partial charge is 0.269 e. The number of carbonyl (C=O) groups excluding carboxylic acids is 1. The Hall–Kier alpha value is -3.12. The van der Waals surface area contributed by atoms with Gasteiger partial charge in [-0.05, 0) is 43.3 Å². The zero-order valence-electron chi connectivity index (χ0n) is 16.0. The van der Waals surface area contributed by atoms with E-state index in [9.17, 15) is 4.79 Å². The number of nitrogens with zero attached hydrogens (tertiary/aromatic N) is 3. The molecule has 0 unspecified atom stereocenters. The topological polar surface area (TPSA) is 50.4 Å². The Balaban J connectivity index is 1.50. The van der Waals surface area contributed by atoms with Crippen molar-refractivity contribution in [2.75, 3.05) is 36.5 Å². The van der Waals surface area contributed by atoms with E-state index in [1.54, 1.807) is 6.20 Å². The highest BCUT2D eigenvalue weighted by atomic mass is 16.5. The second-order valence-electron chi connectivity index (χ2n) is 6.91. The molecule has 144 valence electrons. The molecule has 3 aromatic rings. The molecule has 28 heavy (non-hydrogen) atoms. The van der Waals surface area contributed by atoms with Gasteiger partial charge in [-0.25, -0.2) is 9.13 Å². The van der Waals surface area contributed by atoms with E-state index in [2.05, 4.69) is 16.8 Å². The number of carbonyl (C=O) groups is 1. The highest BCUT2D eigenvalue weighted by molar-refractivity contribution is 5.93. The number of aromatic nitrogens is 2. The lowest BCUT2D eigenvalue weighted by atomic mass is 10.2. The number of rotatable bonds is 5. The minimum Gasteiger partial charge on any atom is -0.378 e. The molecular formula is C22H25N4O2+. The fourth-order valence-corrected chi connectivity index (χ4v) is 3.56. The van der Waals surface area contributed by atoms with Crippen LogP contribution in [0.5, 0.6) is 0 Å². The number of anilines is 2. The van der Waals surface area contributed by atoms with Crippen LogP contribution in [0.4, 0.5) is 11.4 Å². The lowest BCUT2D eigenvalue weighted by molar-refractivity contribution is -0.680. The number of benzene rings is 2. The van der Waals surface area contributed by atoms with E-state index in [-0.39, 0.29) is 11.9 Å². The summed E-state index contributed by atoms with van der Waals surface area (Å²) in [6, 6.07) is 15.6. The molecule has 0 aliphatic carbocycles. The summed E-state index contributed by atoms with van der Waals surface area (Å²) in [4.78, 5) is 15.1. The van der Waals surface area contributed by atoms with E-state index in [1.807, 2.05) is 70.9 Å². The summed E-state index contributed by atoms with van der Waals surface area (Å²) in [5.74, 6) is -0.0592. The van der Waals surface area contributed by atoms with E-state index < -0.39 is 0 Å². The maximum Gasteiger partial charge on any atom is 0.269 e. The Bertz CT molecular complexity index is 987. The van der Waals surface area contributed by atoms with E-state index in [1.165, 1.54) is 0 Å². The Labute approximate surface area is 164 Å². The van der Waals surface area contributed by atoms with Crippen LogP contribution in [0.2, 0.25) is 0 Å². The van der Waals surface area contributed by atoms with Gasteiger partial charge in [0.2, 0.25) is 6.33 Å². The molecule has 1 aliphatic heterocycles. The van der Waals surface area contributed by atoms with Crippen molar-refractivity contribution in [1.29, 1.82) is 0 Å². The van der Waals surface area contributed by atoms with Crippen LogP contribution in [0.25, 0.3) is 17.2 Å². The van der Waals surface area contributed by atoms with Gasteiger partial charge in [-0.3, -0.25) is 4.79 Å². The first kappa shape index (κ1) is 18.3. The normalized spacial score (nSPS) is 15.4. The van der Waals surface area contributed by atoms with E-state index in [0.29, 0.717) is 0 Å². The van der Waals surface area contributed by atoms with Crippen molar-refractivity contribution in [3.8, 4) is 0 Å². The predicted molar refractivity (Wildman–Crippen MR) is 111 cm³/mol. The van der Waals surface area contributed by atoms with Gasteiger partial charge in [-0.1, -0.05) is 18.7 Å². The van der Waals surface area contributed by atoms with Gasteiger partial charge in [-0.15, -0.1) is 0 Å². The van der Waals surface area contributed by atoms with Crippen molar-refractivity contribution in [2.45, 2.75) is 13.0 Å². The molecule has 0 bridgehead atoms. The number of morpholine rings is 1. The average Bonchev–Trinajstić information content (AvgIpc) is 3.13. The van der Waals surface area contributed by atoms with Crippen molar-refractivity contribution in [3.63, 3.8) is 0 Å². The van der Waals surface area contributed by atoms with Gasteiger partial charge in [0.15, 0.2) is 17.1 Å². The van der Waals surface area contributed by atoms with Crippen LogP contribution in [0.3, 0.4) is 0 Å². The summed E-state index contributed by atoms with van der Waals surface area (Å²) in [5.41, 5.74) is 3.96. The van der Waals surface area contributed by atoms with Gasteiger partial charge in [0.1, 0.15) is 0 Å². The van der Waals surface area contributed by atoms with Crippen molar-refractivity contribution in [3.05, 3.63) is 61.4 Å². The van der Waals surface area contributed by atoms with Crippen molar-refractivity contribution >= 4 is 34.5 Å². The van der Waals surface area contributed by atoms with Crippen molar-refractivity contribution < 1.29 is 14.1 Å². The van der Waals surface area contributed by atoms with E-state index >= 15 is 0 Å². The fraction of sp³-hybridized carbons (Fsp3) is 0.273. The monoisotopic (exact) mass is 377 g/mol. The number of hydrogen-bond donors (Lipinski definition) is 1. The summed E-state index contributed by atoms with van der Waals surface area (Å²) in [5, 5.41) is 3.02. The molecule has 1 N–H and O–H groups in total. The van der Waals surface area contributed by atoms with Crippen molar-refractivity contribution in [2.24, 2.45) is 0 Å². The second-order valence-corrected chi connectivity index (χ2v) is 6.91. The Morgan fingerprint density at radius 3 is 2.61 bits per heavy atom. The van der Waals surface area contributed by atoms with Gasteiger partial charge in [0, 0.05) is 24.5 Å². The van der Waals surface area contributed by atoms with Gasteiger partial charge in [0.05, 0.1) is 19.4 Å². The minimum atomic E-state index is -0.356. The van der Waals surface area contributed by atoms with Crippen LogP contribution in [-0.2, 0) is 9.53 Å². The highest BCUT2D eigenvalue weighted by Crippen LogP contribution is 2.20. The maximum absolute atomic E-state index is 12.8. The molecule has 1 saturated heterocycles. The van der Waals surface area contributed by atoms with Crippen LogP contribution in [0.1, 0.15) is 13.0 Å². The van der Waals surface area contributed by atoms with Crippen LogP contribution >= 0.6 is 0 Å². The first-order chi connectivity index (χ1) is 13.7. The predicted octanol–water partition coefficient (Wildman–Crippen LogP) is 3.07. The number of fused-ring (bicyclic) bond motifs is 1. The van der Waals surface area contributed by atoms with Gasteiger partial charge in [0.25, 0.3) is 5.91 Å². The third-order valence-corrected chi connectivity index (χ3v) is 5.19. The number of amides is 1. The molecule has 6 heteroatoms. The molecule has 1 fully saturated rings. The van der Waals surface area contributed by atoms with Crippen LogP contribution in [0, 0.1) is 0 Å². The Kier molecular flexibility index (Phi) is 5.12. The molecule has 4 rings (SSSR count). The summed E-state index contributed by atoms with van der Waals surface area (Å²) >= 11 is 0. The molecule has 1 amide bonds. The number of ether oxygens (including phenoxy) is 1. The van der Waals surface area contributed by atoms with Crippen LogP contribution in [-0.4, -0.2) is 36.8 Å². The first-order valence-corrected chi connectivity index (χ1v) is 9.54. The number of imidazole rings is 1. The van der Waals surface area contributed by atoms with Crippen LogP contribution in [0.15, 0.2) is 61.4 Å². The number of nitrogens with one attached hydrogen (secondary N) is 1. The summed E-state index contributed by atoms with van der Waals surface area (Å²) in [7, 11) is 0. The fourth-order valence-electron chi connectivity index (χ4n) is 3.56. The molecule has 0 spiro atoms. The number of para-hydroxylation sites is 2. The Morgan fingerprint density at radius 1 is 1.18 bits per heavy atom. The molecule has 2 heterocycles. The zero-order valence-corrected chi connectivity index (χ0v) is 16.0. The summed E-state index contributed by atoms with van der Waals surface area (Å²) in [6.45, 7) is 9.05. The zero-order chi connectivity index (χ0) is 19.5. The third kappa shape index (κ3) is 3.51. The molecule has 1 aromatic heterocycles. The molecule has 1 aliphatic rings. The third-order valence-electron chi connectivity index (χ3n) is 5.19. The summed E-state index contributed by atoms with van der Waals surface area (Å²) < 4.78 is 9.29. The van der Waals surface area contributed by atoms with Gasteiger partial charge in [-0.2, -0.15) is 0 Å². The standard InChI is InChI=1S/C22H24N4O2/c1-3-24-16-26(21-7-5-4-6-20(21)24)17(2)22(27)23-18-8-10-19(11-9-18)25-12-14-28-15-13-25/h3-11,16-17H,1,12-15H2,2H3/p+1/t17-/m0/s1. The molecule has 1 atom stereocenters. The van der Waals surface area contributed by atoms with E-state index in [4.69, 9.17) is 4.74 Å². The molecule has 0 saturated carbocycles. The number of hydrogen-bond acceptors (Lipinski definition) is 3. The van der Waals surface area contributed by atoms with Gasteiger partial charge >= 0.3 is 0 Å². The van der Waals surface area contributed by atoms with Crippen LogP contribution < -0.4 is 14.8 Å². The summed E-state index contributed by atoms with van der Waals surface area (Å²) in [6.07, 6.45) is 3.65. The van der Waals surface area contributed by atoms with Crippen molar-refractivity contribution in [1.82, 2.24) is 4.57 Å². The quantitative estimate of drug-likeness (QED) is 0.696. The highest BCUT2D eigenvalue weighted by Gasteiger charge is 2.24. The molecule has 0 radical (unpaired) electrons. The molecule has 2 aromatic carbocycles. The van der Waals surface area contributed by atoms with E-state index in [0.717, 1.165) is 48.7 Å². The lowest BCUT2D eigenvalue weighted by Gasteiger charge is -2.28. The first-order valence-electron chi connectivity index (χ1n) is 9.54. The average molecular weight is 377 g/mol. The lowest BCUT2D eigenvalue weighted by Crippen LogP contribution is -2.43. The largest absolute Gasteiger partial charge is 0.378 e. The maximum atomic E-state index is 12.8.